The average molecular weight is 540 g/mol. The summed E-state index contributed by atoms with van der Waals surface area (Å²) in [5.74, 6) is -1.84. The molecule has 0 spiro atoms. The number of sulfonamides is 1. The number of nitrogens with one attached hydrogen (secondary N) is 1. The van der Waals surface area contributed by atoms with E-state index in [2.05, 4.69) is 5.32 Å². The van der Waals surface area contributed by atoms with E-state index in [1.807, 2.05) is 6.92 Å². The van der Waals surface area contributed by atoms with Crippen LogP contribution in [0.3, 0.4) is 0 Å². The minimum atomic E-state index is -4.19. The minimum Gasteiger partial charge on any atom is -0.354 e. The van der Waals surface area contributed by atoms with E-state index in [1.54, 1.807) is 25.1 Å². The molecule has 11 heteroatoms. The standard InChI is InChI=1S/C24H27Cl2N3O5S/c1-3-5-12-27-23(31)20(4-2)28(14-16-10-11-17(25)13-19(16)26)22(30)15-29-24(32)18-8-6-7-9-21(18)35(29,33)34/h6-11,13,20H,3-5,12,14-15H2,1-2H3,(H,27,31)/t20-/m0/s1. The predicted molar refractivity (Wildman–Crippen MR) is 134 cm³/mol. The largest absolute Gasteiger partial charge is 0.354 e. The van der Waals surface area contributed by atoms with E-state index < -0.39 is 34.4 Å². The van der Waals surface area contributed by atoms with Crippen molar-refractivity contribution in [3.8, 4) is 0 Å². The molecule has 1 N–H and O–H groups in total. The lowest BCUT2D eigenvalue weighted by molar-refractivity contribution is -0.141. The number of hydrogen-bond donors (Lipinski definition) is 1. The van der Waals surface area contributed by atoms with Crippen molar-refractivity contribution in [3.05, 3.63) is 63.6 Å². The van der Waals surface area contributed by atoms with Gasteiger partial charge in [0.25, 0.3) is 15.9 Å². The third kappa shape index (κ3) is 5.79. The van der Waals surface area contributed by atoms with Crippen molar-refractivity contribution < 1.29 is 22.8 Å². The molecule has 8 nitrogen and oxygen atoms in total. The number of carbonyl (C=O) groups excluding carboxylic acids is 3. The van der Waals surface area contributed by atoms with Gasteiger partial charge in [0.2, 0.25) is 11.8 Å². The number of halogens is 2. The summed E-state index contributed by atoms with van der Waals surface area (Å²) in [6, 6.07) is 9.68. The third-order valence-electron chi connectivity index (χ3n) is 5.76. The van der Waals surface area contributed by atoms with Crippen LogP contribution in [0.15, 0.2) is 47.4 Å². The van der Waals surface area contributed by atoms with Crippen molar-refractivity contribution in [2.24, 2.45) is 0 Å². The van der Waals surface area contributed by atoms with Gasteiger partial charge in [-0.05, 0) is 42.7 Å². The highest BCUT2D eigenvalue weighted by molar-refractivity contribution is 7.90. The van der Waals surface area contributed by atoms with Gasteiger partial charge in [-0.2, -0.15) is 0 Å². The molecule has 1 heterocycles. The minimum absolute atomic E-state index is 0.0111. The van der Waals surface area contributed by atoms with Crippen molar-refractivity contribution in [1.29, 1.82) is 0 Å². The van der Waals surface area contributed by atoms with Crippen molar-refractivity contribution in [2.45, 2.75) is 50.6 Å². The molecule has 0 unspecified atom stereocenters. The molecule has 0 aromatic heterocycles. The normalized spacial score (nSPS) is 15.0. The highest BCUT2D eigenvalue weighted by Gasteiger charge is 2.43. The van der Waals surface area contributed by atoms with Gasteiger partial charge < -0.3 is 10.2 Å². The molecule has 3 rings (SSSR count). The summed E-state index contributed by atoms with van der Waals surface area (Å²) in [5.41, 5.74) is 0.542. The van der Waals surface area contributed by atoms with Crippen LogP contribution < -0.4 is 5.32 Å². The van der Waals surface area contributed by atoms with Gasteiger partial charge in [0.1, 0.15) is 17.5 Å². The van der Waals surface area contributed by atoms with Crippen LogP contribution in [0.5, 0.6) is 0 Å². The van der Waals surface area contributed by atoms with Gasteiger partial charge in [0, 0.05) is 23.1 Å². The van der Waals surface area contributed by atoms with Crippen LogP contribution in [-0.4, -0.2) is 54.5 Å². The average Bonchev–Trinajstić information content (AvgIpc) is 3.01. The summed E-state index contributed by atoms with van der Waals surface area (Å²) in [4.78, 5) is 40.4. The first-order valence-electron chi connectivity index (χ1n) is 11.3. The molecule has 0 aliphatic carbocycles. The smallest absolute Gasteiger partial charge is 0.269 e. The molecule has 1 aliphatic rings. The second-order valence-corrected chi connectivity index (χ2v) is 10.8. The zero-order valence-corrected chi connectivity index (χ0v) is 21.8. The van der Waals surface area contributed by atoms with E-state index >= 15 is 0 Å². The van der Waals surface area contributed by atoms with Crippen LogP contribution in [0.4, 0.5) is 0 Å². The third-order valence-corrected chi connectivity index (χ3v) is 8.14. The van der Waals surface area contributed by atoms with Crippen molar-refractivity contribution in [2.75, 3.05) is 13.1 Å². The van der Waals surface area contributed by atoms with E-state index in [9.17, 15) is 22.8 Å². The first-order valence-corrected chi connectivity index (χ1v) is 13.5. The highest BCUT2D eigenvalue weighted by atomic mass is 35.5. The van der Waals surface area contributed by atoms with Crippen LogP contribution in [0.1, 0.15) is 49.0 Å². The number of amides is 3. The molecule has 0 radical (unpaired) electrons. The van der Waals surface area contributed by atoms with Gasteiger partial charge in [-0.1, -0.05) is 61.7 Å². The van der Waals surface area contributed by atoms with Crippen LogP contribution >= 0.6 is 23.2 Å². The van der Waals surface area contributed by atoms with E-state index in [4.69, 9.17) is 23.2 Å². The summed E-state index contributed by atoms with van der Waals surface area (Å²) in [7, 11) is -4.19. The summed E-state index contributed by atoms with van der Waals surface area (Å²) < 4.78 is 26.5. The highest BCUT2D eigenvalue weighted by Crippen LogP contribution is 2.30. The van der Waals surface area contributed by atoms with Crippen LogP contribution in [-0.2, 0) is 26.2 Å². The molecule has 1 aliphatic heterocycles. The Labute approximate surface area is 215 Å². The fraction of sp³-hybridized carbons (Fsp3) is 0.375. The lowest BCUT2D eigenvalue weighted by Crippen LogP contribution is -2.52. The molecule has 0 fully saturated rings. The van der Waals surface area contributed by atoms with Gasteiger partial charge in [-0.3, -0.25) is 14.4 Å². The molecule has 0 saturated heterocycles. The Balaban J connectivity index is 1.92. The first kappa shape index (κ1) is 27.0. The van der Waals surface area contributed by atoms with Crippen LogP contribution in [0, 0.1) is 0 Å². The molecule has 1 atom stereocenters. The SMILES string of the molecule is CCCCNC(=O)[C@H](CC)N(Cc1ccc(Cl)cc1Cl)C(=O)CN1C(=O)c2ccccc2S1(=O)=O. The Kier molecular flexibility index (Phi) is 8.79. The summed E-state index contributed by atoms with van der Waals surface area (Å²) in [6.45, 7) is 3.39. The first-order chi connectivity index (χ1) is 16.6. The van der Waals surface area contributed by atoms with E-state index in [0.717, 1.165) is 12.8 Å². The topological polar surface area (TPSA) is 104 Å². The maximum absolute atomic E-state index is 13.5. The summed E-state index contributed by atoms with van der Waals surface area (Å²) in [5, 5.41) is 3.54. The molecule has 3 amide bonds. The van der Waals surface area contributed by atoms with Crippen LogP contribution in [0.2, 0.25) is 10.0 Å². The van der Waals surface area contributed by atoms with Gasteiger partial charge in [-0.15, -0.1) is 0 Å². The van der Waals surface area contributed by atoms with E-state index in [1.165, 1.54) is 29.2 Å². The second-order valence-electron chi connectivity index (χ2n) is 8.14. The lowest BCUT2D eigenvalue weighted by atomic mass is 10.1. The Morgan fingerprint density at radius 2 is 1.83 bits per heavy atom. The number of benzene rings is 2. The Morgan fingerprint density at radius 3 is 2.46 bits per heavy atom. The zero-order chi connectivity index (χ0) is 25.8. The second kappa shape index (κ2) is 11.4. The number of unbranched alkanes of at least 4 members (excludes halogenated alkanes) is 1. The van der Waals surface area contributed by atoms with Crippen LogP contribution in [0.25, 0.3) is 0 Å². The number of carbonyl (C=O) groups is 3. The Bertz CT molecular complexity index is 1240. The van der Waals surface area contributed by atoms with Gasteiger partial charge in [-0.25, -0.2) is 12.7 Å². The van der Waals surface area contributed by atoms with Gasteiger partial charge in [0.15, 0.2) is 0 Å². The summed E-state index contributed by atoms with van der Waals surface area (Å²) >= 11 is 12.3. The fourth-order valence-corrected chi connectivity index (χ4v) is 5.85. The molecule has 2 aromatic rings. The monoisotopic (exact) mass is 539 g/mol. The molecular weight excluding hydrogens is 513 g/mol. The Morgan fingerprint density at radius 1 is 1.11 bits per heavy atom. The fourth-order valence-electron chi connectivity index (χ4n) is 3.86. The maximum atomic E-state index is 13.5. The van der Waals surface area contributed by atoms with Gasteiger partial charge in [0.05, 0.1) is 5.56 Å². The van der Waals surface area contributed by atoms with Crippen molar-refractivity contribution in [1.82, 2.24) is 14.5 Å². The van der Waals surface area contributed by atoms with Crippen molar-refractivity contribution >= 4 is 50.9 Å². The molecule has 2 aromatic carbocycles. The Hall–Kier alpha value is -2.62. The van der Waals surface area contributed by atoms with Gasteiger partial charge >= 0.3 is 0 Å². The zero-order valence-electron chi connectivity index (χ0n) is 19.5. The summed E-state index contributed by atoms with van der Waals surface area (Å²) in [6.07, 6.45) is 1.93. The van der Waals surface area contributed by atoms with E-state index in [-0.39, 0.29) is 29.3 Å². The number of fused-ring (bicyclic) bond motifs is 1. The van der Waals surface area contributed by atoms with Crippen molar-refractivity contribution in [3.63, 3.8) is 0 Å². The molecule has 188 valence electrons. The molecule has 0 saturated carbocycles. The number of rotatable bonds is 10. The predicted octanol–water partition coefficient (Wildman–Crippen LogP) is 3.86. The lowest BCUT2D eigenvalue weighted by Gasteiger charge is -2.32. The van der Waals surface area contributed by atoms with E-state index in [0.29, 0.717) is 26.5 Å². The maximum Gasteiger partial charge on any atom is 0.269 e. The number of nitrogens with zero attached hydrogens (tertiary/aromatic N) is 2. The molecular formula is C24H27Cl2N3O5S. The molecule has 0 bridgehead atoms. The number of hydrogen-bond acceptors (Lipinski definition) is 5. The molecule has 35 heavy (non-hydrogen) atoms. The quantitative estimate of drug-likeness (QED) is 0.461.